The molecule has 3 aromatic rings. The molecule has 2 N–H and O–H groups in total. The lowest BCUT2D eigenvalue weighted by Crippen LogP contribution is -2.38. The van der Waals surface area contributed by atoms with Crippen molar-refractivity contribution in [3.63, 3.8) is 0 Å². The predicted molar refractivity (Wildman–Crippen MR) is 119 cm³/mol. The summed E-state index contributed by atoms with van der Waals surface area (Å²) >= 11 is 0. The molecule has 1 aromatic carbocycles. The second kappa shape index (κ2) is 10.0. The van der Waals surface area contributed by atoms with Crippen molar-refractivity contribution in [2.24, 2.45) is 5.92 Å². The van der Waals surface area contributed by atoms with Crippen LogP contribution in [0.4, 0.5) is 17.3 Å². The number of nitrogens with zero attached hydrogens (tertiary/aromatic N) is 3. The molecule has 0 radical (unpaired) electrons. The average Bonchev–Trinajstić information content (AvgIpc) is 3.49. The van der Waals surface area contributed by atoms with Crippen LogP contribution in [0, 0.1) is 17.2 Å². The second-order valence-corrected chi connectivity index (χ2v) is 7.57. The number of methoxy groups -OCH3 is 1. The van der Waals surface area contributed by atoms with Crippen LogP contribution < -0.4 is 15.5 Å². The number of ether oxygens (including phenoxy) is 1. The van der Waals surface area contributed by atoms with E-state index < -0.39 is 0 Å². The molecule has 0 unspecified atom stereocenters. The standard InChI is InChI=1S/C23H23N5O5/c1-31-14-20(29)25-16-4-2-5-17(12-16)26-21(30)15-7-9-28(10-8-15)23-18(13-24)27-22(33-23)19-6-3-11-32-19/h2-6,11-12,15H,7-10,14H2,1H3,(H,25,29)(H,26,30). The summed E-state index contributed by atoms with van der Waals surface area (Å²) in [5.74, 6) is 0.543. The van der Waals surface area contributed by atoms with Crippen molar-refractivity contribution in [3.8, 4) is 17.7 Å². The van der Waals surface area contributed by atoms with Gasteiger partial charge >= 0.3 is 0 Å². The van der Waals surface area contributed by atoms with Gasteiger partial charge in [0, 0.05) is 37.5 Å². The molecule has 1 aliphatic rings. The Morgan fingerprint density at radius 1 is 1.21 bits per heavy atom. The number of nitriles is 1. The Balaban J connectivity index is 1.35. The Labute approximate surface area is 190 Å². The lowest BCUT2D eigenvalue weighted by atomic mass is 9.96. The van der Waals surface area contributed by atoms with Gasteiger partial charge in [0.2, 0.25) is 23.4 Å². The first-order valence-corrected chi connectivity index (χ1v) is 10.5. The zero-order valence-corrected chi connectivity index (χ0v) is 18.0. The van der Waals surface area contributed by atoms with Gasteiger partial charge in [-0.25, -0.2) is 0 Å². The quantitative estimate of drug-likeness (QED) is 0.561. The summed E-state index contributed by atoms with van der Waals surface area (Å²) in [6, 6.07) is 12.5. The number of anilines is 3. The molecular formula is C23H23N5O5. The van der Waals surface area contributed by atoms with Crippen molar-refractivity contribution < 1.29 is 23.2 Å². The summed E-state index contributed by atoms with van der Waals surface area (Å²) in [7, 11) is 1.45. The molecule has 0 atom stereocenters. The molecule has 4 rings (SSSR count). The Hall–Kier alpha value is -4.10. The third-order valence-corrected chi connectivity index (χ3v) is 5.29. The second-order valence-electron chi connectivity index (χ2n) is 7.57. The first-order valence-electron chi connectivity index (χ1n) is 10.5. The molecule has 170 valence electrons. The van der Waals surface area contributed by atoms with E-state index in [2.05, 4.69) is 21.7 Å². The van der Waals surface area contributed by atoms with E-state index in [1.165, 1.54) is 13.4 Å². The maximum absolute atomic E-state index is 12.8. The Bertz CT molecular complexity index is 1160. The largest absolute Gasteiger partial charge is 0.459 e. The minimum absolute atomic E-state index is 0.0448. The third kappa shape index (κ3) is 5.22. The van der Waals surface area contributed by atoms with Gasteiger partial charge in [-0.1, -0.05) is 6.07 Å². The molecule has 33 heavy (non-hydrogen) atoms. The average molecular weight is 449 g/mol. The Morgan fingerprint density at radius 2 is 1.97 bits per heavy atom. The predicted octanol–water partition coefficient (Wildman–Crippen LogP) is 3.25. The SMILES string of the molecule is COCC(=O)Nc1cccc(NC(=O)C2CCN(c3oc(-c4ccco4)nc3C#N)CC2)c1. The number of hydrogen-bond donors (Lipinski definition) is 2. The highest BCUT2D eigenvalue weighted by atomic mass is 16.5. The van der Waals surface area contributed by atoms with Gasteiger partial charge < -0.3 is 29.1 Å². The number of rotatable bonds is 7. The van der Waals surface area contributed by atoms with Gasteiger partial charge in [-0.2, -0.15) is 10.2 Å². The summed E-state index contributed by atoms with van der Waals surface area (Å²) in [5.41, 5.74) is 1.37. The van der Waals surface area contributed by atoms with Crippen molar-refractivity contribution in [2.75, 3.05) is 42.3 Å². The highest BCUT2D eigenvalue weighted by Gasteiger charge is 2.29. The van der Waals surface area contributed by atoms with Crippen molar-refractivity contribution in [1.82, 2.24) is 4.98 Å². The van der Waals surface area contributed by atoms with Crippen LogP contribution in [0.2, 0.25) is 0 Å². The molecule has 10 heteroatoms. The van der Waals surface area contributed by atoms with Crippen molar-refractivity contribution in [1.29, 1.82) is 5.26 Å². The summed E-state index contributed by atoms with van der Waals surface area (Å²) in [4.78, 5) is 30.6. The van der Waals surface area contributed by atoms with Gasteiger partial charge in [0.15, 0.2) is 5.76 Å². The minimum Gasteiger partial charge on any atom is -0.459 e. The Morgan fingerprint density at radius 3 is 2.64 bits per heavy atom. The van der Waals surface area contributed by atoms with Gasteiger partial charge in [0.05, 0.1) is 6.26 Å². The fourth-order valence-electron chi connectivity index (χ4n) is 3.70. The minimum atomic E-state index is -0.271. The van der Waals surface area contributed by atoms with E-state index in [1.807, 2.05) is 4.90 Å². The summed E-state index contributed by atoms with van der Waals surface area (Å²) in [6.45, 7) is 1.05. The molecule has 2 aromatic heterocycles. The summed E-state index contributed by atoms with van der Waals surface area (Å²) in [6.07, 6.45) is 2.70. The zero-order chi connectivity index (χ0) is 23.2. The molecule has 2 amide bonds. The lowest BCUT2D eigenvalue weighted by Gasteiger charge is -2.31. The van der Waals surface area contributed by atoms with E-state index in [1.54, 1.807) is 36.4 Å². The van der Waals surface area contributed by atoms with Crippen LogP contribution in [0.1, 0.15) is 18.5 Å². The fourth-order valence-corrected chi connectivity index (χ4v) is 3.70. The van der Waals surface area contributed by atoms with Crippen LogP contribution in [-0.4, -0.2) is 43.6 Å². The van der Waals surface area contributed by atoms with E-state index in [0.29, 0.717) is 49.0 Å². The van der Waals surface area contributed by atoms with Gasteiger partial charge in [-0.3, -0.25) is 9.59 Å². The number of amides is 2. The molecule has 1 saturated heterocycles. The van der Waals surface area contributed by atoms with E-state index in [9.17, 15) is 14.9 Å². The van der Waals surface area contributed by atoms with Gasteiger partial charge in [0.25, 0.3) is 5.89 Å². The van der Waals surface area contributed by atoms with E-state index in [-0.39, 0.29) is 35.9 Å². The molecule has 1 fully saturated rings. The molecule has 0 aliphatic carbocycles. The highest BCUT2D eigenvalue weighted by molar-refractivity contribution is 5.95. The van der Waals surface area contributed by atoms with Crippen LogP contribution in [0.25, 0.3) is 11.7 Å². The number of piperidine rings is 1. The highest BCUT2D eigenvalue weighted by Crippen LogP contribution is 2.31. The maximum atomic E-state index is 12.8. The molecule has 0 saturated carbocycles. The number of benzene rings is 1. The number of carbonyl (C=O) groups excluding carboxylic acids is 2. The topological polar surface area (TPSA) is 134 Å². The first kappa shape index (κ1) is 22.1. The monoisotopic (exact) mass is 449 g/mol. The van der Waals surface area contributed by atoms with Gasteiger partial charge in [-0.15, -0.1) is 0 Å². The van der Waals surface area contributed by atoms with E-state index in [4.69, 9.17) is 13.6 Å². The van der Waals surface area contributed by atoms with E-state index >= 15 is 0 Å². The number of furan rings is 1. The summed E-state index contributed by atoms with van der Waals surface area (Å²) in [5, 5.41) is 15.1. The lowest BCUT2D eigenvalue weighted by molar-refractivity contribution is -0.120. The number of aromatic nitrogens is 1. The van der Waals surface area contributed by atoms with E-state index in [0.717, 1.165) is 0 Å². The molecule has 10 nitrogen and oxygen atoms in total. The number of oxazole rings is 1. The Kier molecular flexibility index (Phi) is 6.71. The van der Waals surface area contributed by atoms with Crippen LogP contribution in [0.15, 0.2) is 51.5 Å². The molecule has 1 aliphatic heterocycles. The van der Waals surface area contributed by atoms with Crippen LogP contribution >= 0.6 is 0 Å². The van der Waals surface area contributed by atoms with Crippen molar-refractivity contribution in [3.05, 3.63) is 48.4 Å². The summed E-state index contributed by atoms with van der Waals surface area (Å²) < 4.78 is 15.9. The third-order valence-electron chi connectivity index (χ3n) is 5.29. The van der Waals surface area contributed by atoms with Crippen LogP contribution in [-0.2, 0) is 14.3 Å². The van der Waals surface area contributed by atoms with Gasteiger partial charge in [0.1, 0.15) is 12.7 Å². The smallest absolute Gasteiger partial charge is 0.266 e. The first-order chi connectivity index (χ1) is 16.1. The zero-order valence-electron chi connectivity index (χ0n) is 18.0. The van der Waals surface area contributed by atoms with Crippen LogP contribution in [0.5, 0.6) is 0 Å². The molecular weight excluding hydrogens is 426 g/mol. The number of carbonyl (C=O) groups is 2. The van der Waals surface area contributed by atoms with Crippen LogP contribution in [0.3, 0.4) is 0 Å². The molecule has 0 bridgehead atoms. The molecule has 3 heterocycles. The maximum Gasteiger partial charge on any atom is 0.266 e. The fraction of sp³-hybridized carbons (Fsp3) is 0.304. The number of nitrogens with one attached hydrogen (secondary N) is 2. The molecule has 0 spiro atoms. The number of hydrogen-bond acceptors (Lipinski definition) is 8. The van der Waals surface area contributed by atoms with Crippen molar-refractivity contribution in [2.45, 2.75) is 12.8 Å². The van der Waals surface area contributed by atoms with Crippen molar-refractivity contribution >= 4 is 29.1 Å². The normalized spacial score (nSPS) is 14.0. The van der Waals surface area contributed by atoms with Gasteiger partial charge in [-0.05, 0) is 43.2 Å².